The highest BCUT2D eigenvalue weighted by Gasteiger charge is 1.96. The molecule has 1 atom stereocenters. The van der Waals surface area contributed by atoms with E-state index >= 15 is 0 Å². The molecule has 0 rings (SSSR count). The van der Waals surface area contributed by atoms with Crippen LogP contribution in [0.15, 0.2) is 12.3 Å². The van der Waals surface area contributed by atoms with Gasteiger partial charge >= 0.3 is 5.97 Å². The first-order valence-electron chi connectivity index (χ1n) is 5.53. The standard InChI is InChI=1S/C7H11O4.3C2H4O/c1-3-10-6(2)11-5-4-7(8)9;3*1-2-3/h4-6H,2-3H2,1H3,(H,8,9);3*1-2H2. The van der Waals surface area contributed by atoms with E-state index in [-0.39, 0.29) is 19.8 Å². The minimum Gasteiger partial charge on any atom is -0.478 e. The van der Waals surface area contributed by atoms with Gasteiger partial charge in [-0.1, -0.05) is 0 Å². The number of carboxylic acids is 1. The van der Waals surface area contributed by atoms with Gasteiger partial charge in [-0.05, 0) is 27.7 Å². The van der Waals surface area contributed by atoms with Gasteiger partial charge in [-0.15, -0.1) is 0 Å². The number of carboxylic acid groups (broad SMARTS) is 1. The average Bonchev–Trinajstić information content (AvgIpc) is 2.31. The molecule has 7 heteroatoms. The van der Waals surface area contributed by atoms with E-state index in [1.807, 2.05) is 0 Å². The van der Waals surface area contributed by atoms with Crippen molar-refractivity contribution in [3.63, 3.8) is 0 Å². The first-order valence-corrected chi connectivity index (χ1v) is 5.53. The largest absolute Gasteiger partial charge is 0.478 e. The Morgan fingerprint density at radius 1 is 1.15 bits per heavy atom. The van der Waals surface area contributed by atoms with Crippen LogP contribution in [-0.2, 0) is 29.6 Å². The van der Waals surface area contributed by atoms with E-state index in [1.54, 1.807) is 6.92 Å². The number of carbonyl (C=O) groups is 1. The van der Waals surface area contributed by atoms with Crippen LogP contribution in [0.3, 0.4) is 0 Å². The lowest BCUT2D eigenvalue weighted by atomic mass is 10.6. The molecule has 0 fully saturated rings. The molecule has 0 bridgehead atoms. The molecule has 0 heterocycles. The SMILES string of the molecule is [CH2]C(OC=CC(=O)O)OCC.[CH2]C[O].[CH2]C[O].[CH2]C[O]. The summed E-state index contributed by atoms with van der Waals surface area (Å²) in [4.78, 5) is 9.91. The number of hydrogen-bond acceptors (Lipinski definition) is 3. The van der Waals surface area contributed by atoms with E-state index in [4.69, 9.17) is 29.9 Å². The van der Waals surface area contributed by atoms with E-state index < -0.39 is 12.3 Å². The van der Waals surface area contributed by atoms with Crippen molar-refractivity contribution in [1.82, 2.24) is 0 Å². The molecule has 0 spiro atoms. The molecule has 0 saturated heterocycles. The van der Waals surface area contributed by atoms with Gasteiger partial charge in [0, 0.05) is 13.5 Å². The lowest BCUT2D eigenvalue weighted by Crippen LogP contribution is -2.09. The van der Waals surface area contributed by atoms with Crippen LogP contribution < -0.4 is 0 Å². The Balaban J connectivity index is -0.000000117. The van der Waals surface area contributed by atoms with E-state index in [9.17, 15) is 4.79 Å². The molecule has 7 nitrogen and oxygen atoms in total. The Hall–Kier alpha value is -1.15. The Kier molecular flexibility index (Phi) is 41.8. The fraction of sp³-hybridized carbons (Fsp3) is 0.462. The zero-order valence-corrected chi connectivity index (χ0v) is 11.8. The van der Waals surface area contributed by atoms with Crippen LogP contribution in [-0.4, -0.2) is 43.8 Å². The maximum absolute atomic E-state index is 9.91. The van der Waals surface area contributed by atoms with Gasteiger partial charge in [0.15, 0.2) is 6.29 Å². The summed E-state index contributed by atoms with van der Waals surface area (Å²) in [6.45, 7) is 13.8. The van der Waals surface area contributed by atoms with Crippen molar-refractivity contribution in [2.24, 2.45) is 0 Å². The predicted octanol–water partition coefficient (Wildman–Crippen LogP) is 1.55. The first-order chi connectivity index (χ1) is 9.41. The van der Waals surface area contributed by atoms with Crippen molar-refractivity contribution in [2.45, 2.75) is 13.2 Å². The summed E-state index contributed by atoms with van der Waals surface area (Å²) in [5.74, 6) is -1.06. The van der Waals surface area contributed by atoms with E-state index in [0.717, 1.165) is 12.3 Å². The van der Waals surface area contributed by atoms with Crippen molar-refractivity contribution >= 4 is 5.97 Å². The number of hydrogen-bond donors (Lipinski definition) is 1. The van der Waals surface area contributed by atoms with Crippen LogP contribution in [0, 0.1) is 27.7 Å². The Labute approximate surface area is 121 Å². The Morgan fingerprint density at radius 2 is 1.50 bits per heavy atom. The molecule has 0 aliphatic rings. The van der Waals surface area contributed by atoms with Gasteiger partial charge in [0.05, 0.1) is 32.2 Å². The van der Waals surface area contributed by atoms with Crippen LogP contribution in [0.5, 0.6) is 0 Å². The number of ether oxygens (including phenoxy) is 2. The fourth-order valence-corrected chi connectivity index (χ4v) is 0.410. The van der Waals surface area contributed by atoms with Gasteiger partial charge < -0.3 is 14.6 Å². The summed E-state index contributed by atoms with van der Waals surface area (Å²) < 4.78 is 9.54. The highest BCUT2D eigenvalue weighted by atomic mass is 16.7. The molecule has 1 N–H and O–H groups in total. The van der Waals surface area contributed by atoms with Crippen molar-refractivity contribution < 1.29 is 34.7 Å². The van der Waals surface area contributed by atoms with Gasteiger partial charge in [-0.2, -0.15) is 0 Å². The normalized spacial score (nSPS) is 10.0. The number of aliphatic carboxylic acids is 1. The third-order valence-electron chi connectivity index (χ3n) is 0.794. The molecule has 117 valence electrons. The predicted molar refractivity (Wildman–Crippen MR) is 71.4 cm³/mol. The van der Waals surface area contributed by atoms with Crippen molar-refractivity contribution in [1.29, 1.82) is 0 Å². The Morgan fingerprint density at radius 3 is 1.75 bits per heavy atom. The lowest BCUT2D eigenvalue weighted by Gasteiger charge is -2.09. The highest BCUT2D eigenvalue weighted by molar-refractivity contribution is 5.79. The van der Waals surface area contributed by atoms with Crippen LogP contribution in [0.25, 0.3) is 0 Å². The lowest BCUT2D eigenvalue weighted by molar-refractivity contribution is -0.131. The van der Waals surface area contributed by atoms with Crippen LogP contribution in [0.4, 0.5) is 0 Å². The number of rotatable bonds is 5. The van der Waals surface area contributed by atoms with Crippen LogP contribution in [0.2, 0.25) is 0 Å². The molecule has 0 aliphatic carbocycles. The summed E-state index contributed by atoms with van der Waals surface area (Å²) in [6, 6.07) is 0. The molecular weight excluding hydrogens is 268 g/mol. The van der Waals surface area contributed by atoms with Gasteiger partial charge in [0.1, 0.15) is 0 Å². The second-order valence-electron chi connectivity index (χ2n) is 2.27. The van der Waals surface area contributed by atoms with Gasteiger partial charge in [0.25, 0.3) is 0 Å². The molecule has 1 unspecified atom stereocenters. The summed E-state index contributed by atoms with van der Waals surface area (Å²) in [5, 5.41) is 34.6. The Bertz CT molecular complexity index is 179. The first kappa shape index (κ1) is 27.2. The molecule has 0 saturated carbocycles. The molecule has 7 radical (unpaired) electrons. The van der Waals surface area contributed by atoms with E-state index in [0.29, 0.717) is 6.61 Å². The van der Waals surface area contributed by atoms with Gasteiger partial charge in [-0.3, -0.25) is 0 Å². The van der Waals surface area contributed by atoms with Gasteiger partial charge in [-0.25, -0.2) is 20.1 Å². The molecule has 0 aromatic carbocycles. The molecule has 0 aromatic rings. The molecular formula is C13H23O7. The smallest absolute Gasteiger partial charge is 0.331 e. The van der Waals surface area contributed by atoms with E-state index in [2.05, 4.69) is 27.7 Å². The summed E-state index contributed by atoms with van der Waals surface area (Å²) in [6.07, 6.45) is 1.27. The summed E-state index contributed by atoms with van der Waals surface area (Å²) in [5.41, 5.74) is 0. The molecule has 0 aliphatic heterocycles. The topological polar surface area (TPSA) is 115 Å². The second kappa shape index (κ2) is 30.7. The average molecular weight is 291 g/mol. The zero-order valence-electron chi connectivity index (χ0n) is 11.8. The van der Waals surface area contributed by atoms with Crippen molar-refractivity contribution in [2.75, 3.05) is 26.4 Å². The third-order valence-corrected chi connectivity index (χ3v) is 0.794. The molecule has 20 heavy (non-hydrogen) atoms. The maximum atomic E-state index is 9.91. The zero-order chi connectivity index (χ0) is 16.8. The highest BCUT2D eigenvalue weighted by Crippen LogP contribution is 1.92. The van der Waals surface area contributed by atoms with Gasteiger partial charge in [0.2, 0.25) is 0 Å². The second-order valence-corrected chi connectivity index (χ2v) is 2.27. The van der Waals surface area contributed by atoms with Crippen molar-refractivity contribution in [3.8, 4) is 0 Å². The minimum absolute atomic E-state index is 0.250. The maximum Gasteiger partial charge on any atom is 0.331 e. The minimum atomic E-state index is -1.06. The monoisotopic (exact) mass is 291 g/mol. The molecule has 0 amide bonds. The third kappa shape index (κ3) is 68.7. The van der Waals surface area contributed by atoms with Crippen LogP contribution >= 0.6 is 0 Å². The van der Waals surface area contributed by atoms with Crippen molar-refractivity contribution in [3.05, 3.63) is 40.0 Å². The quantitative estimate of drug-likeness (QED) is 0.470. The van der Waals surface area contributed by atoms with Crippen LogP contribution in [0.1, 0.15) is 6.92 Å². The van der Waals surface area contributed by atoms with E-state index in [1.165, 1.54) is 0 Å². The summed E-state index contributed by atoms with van der Waals surface area (Å²) >= 11 is 0. The molecule has 0 aromatic heterocycles. The fourth-order valence-electron chi connectivity index (χ4n) is 0.410. The summed E-state index contributed by atoms with van der Waals surface area (Å²) in [7, 11) is 0.